The van der Waals surface area contributed by atoms with E-state index in [-0.39, 0.29) is 70.0 Å². The number of carboxylic acids is 1. The summed E-state index contributed by atoms with van der Waals surface area (Å²) in [6, 6.07) is 32.8. The molecule has 3 fully saturated rings. The monoisotopic (exact) mass is 1320 g/mol. The smallest absolute Gasteiger partial charge is 0.377 e. The molecule has 3 aromatic carbocycles. The number of aromatic nitrogens is 14. The van der Waals surface area contributed by atoms with Gasteiger partial charge in [-0.05, 0) is 57.3 Å². The van der Waals surface area contributed by atoms with Gasteiger partial charge in [0.1, 0.15) is 17.2 Å². The van der Waals surface area contributed by atoms with Gasteiger partial charge < -0.3 is 64.8 Å². The zero-order chi connectivity index (χ0) is 68.3. The molecule has 2 aromatic heterocycles. The molecular formula is C63H62N20O14. The summed E-state index contributed by atoms with van der Waals surface area (Å²) in [6.07, 6.45) is 7.61. The van der Waals surface area contributed by atoms with Gasteiger partial charge in [0, 0.05) is 139 Å². The van der Waals surface area contributed by atoms with Crippen molar-refractivity contribution in [3.05, 3.63) is 169 Å². The molecule has 14 rings (SSSR count). The number of amides is 3. The van der Waals surface area contributed by atoms with Gasteiger partial charge in [0.25, 0.3) is 35.1 Å². The van der Waals surface area contributed by atoms with Crippen LogP contribution in [0.4, 0.5) is 11.9 Å². The van der Waals surface area contributed by atoms with E-state index < -0.39 is 35.1 Å². The lowest BCUT2D eigenvalue weighted by Gasteiger charge is -2.34. The third kappa shape index (κ3) is 13.8. The number of hydrogen-bond donors (Lipinski definition) is 5. The minimum Gasteiger partial charge on any atom is -0.496 e. The molecule has 34 nitrogen and oxygen atoms in total. The zero-order valence-corrected chi connectivity index (χ0v) is 52.2. The Kier molecular flexibility index (Phi) is 19.9. The van der Waals surface area contributed by atoms with Crippen molar-refractivity contribution in [3.63, 3.8) is 0 Å². The second kappa shape index (κ2) is 29.4. The maximum atomic E-state index is 13.0. The summed E-state index contributed by atoms with van der Waals surface area (Å²) in [7, 11) is 4.25. The van der Waals surface area contributed by atoms with Gasteiger partial charge >= 0.3 is 5.97 Å². The number of para-hydroxylation sites is 2. The number of piperazine rings is 3. The third-order valence-electron chi connectivity index (χ3n) is 15.9. The lowest BCUT2D eigenvalue weighted by Crippen LogP contribution is -2.52. The Balaban J connectivity index is 0.000000137. The first-order valence-electron chi connectivity index (χ1n) is 30.0. The molecule has 498 valence electrons. The van der Waals surface area contributed by atoms with Crippen LogP contribution in [-0.4, -0.2) is 246 Å². The topological polar surface area (TPSA) is 397 Å². The van der Waals surface area contributed by atoms with Crippen molar-refractivity contribution < 1.29 is 68.5 Å². The number of methoxy groups -OCH3 is 3. The van der Waals surface area contributed by atoms with Crippen LogP contribution in [-0.2, 0) is 14.4 Å². The van der Waals surface area contributed by atoms with Crippen LogP contribution in [0.15, 0.2) is 146 Å². The number of pyridine rings is 3. The predicted octanol–water partition coefficient (Wildman–Crippen LogP) is 2.72. The predicted molar refractivity (Wildman–Crippen MR) is 339 cm³/mol. The first kappa shape index (κ1) is 65.6. The Morgan fingerprint density at radius 1 is 0.433 bits per heavy atom. The fourth-order valence-electron chi connectivity index (χ4n) is 11.0. The molecule has 0 saturated carbocycles. The highest BCUT2D eigenvalue weighted by Gasteiger charge is 2.36. The van der Waals surface area contributed by atoms with E-state index >= 15 is 0 Å². The summed E-state index contributed by atoms with van der Waals surface area (Å²) in [5, 5.41) is 65.2. The van der Waals surface area contributed by atoms with E-state index in [9.17, 15) is 49.2 Å². The van der Waals surface area contributed by atoms with E-state index in [0.29, 0.717) is 72.6 Å². The fourth-order valence-corrected chi connectivity index (χ4v) is 11.0. The van der Waals surface area contributed by atoms with Gasteiger partial charge in [0.15, 0.2) is 17.5 Å². The number of ether oxygens (including phenoxy) is 3. The number of hydrogen-bond acceptors (Lipinski definition) is 25. The van der Waals surface area contributed by atoms with Crippen LogP contribution in [0.2, 0.25) is 0 Å². The first-order valence-corrected chi connectivity index (χ1v) is 30.0. The van der Waals surface area contributed by atoms with Crippen molar-refractivity contribution in [3.8, 4) is 62.8 Å². The quantitative estimate of drug-likeness (QED) is 0.0593. The molecule has 11 heterocycles. The SMILES string of the molecule is COc1ccn(O)c2ncc(C(=O)C(=O)N3CCN(C(=O)c4ccccc4)CC3)c1-2.COc1ccn(O)c2ncc(C(=O)C(=O)N3CCN(c4nnnn4-c4ccccc4)CC3)c1-2.COc1ccn(O)c2ncc(C(=O)C(=O)O)c1-2.c1ccc(-n2nnnc2N2CCNCC2)cc1. The second-order valence-electron chi connectivity index (χ2n) is 21.5. The van der Waals surface area contributed by atoms with Crippen LogP contribution in [0.1, 0.15) is 41.4 Å². The molecule has 3 amide bonds. The largest absolute Gasteiger partial charge is 0.496 e. The average molecular weight is 1320 g/mol. The molecule has 0 radical (unpaired) electrons. The van der Waals surface area contributed by atoms with E-state index in [1.54, 1.807) is 38.5 Å². The van der Waals surface area contributed by atoms with Gasteiger partial charge in [0.05, 0.1) is 66.1 Å². The Morgan fingerprint density at radius 2 is 0.784 bits per heavy atom. The number of nitrogens with zero attached hydrogens (tertiary/aromatic N) is 19. The maximum absolute atomic E-state index is 13.0. The molecule has 9 aliphatic rings. The summed E-state index contributed by atoms with van der Waals surface area (Å²) in [5.74, 6) is -2.86. The maximum Gasteiger partial charge on any atom is 0.377 e. The van der Waals surface area contributed by atoms with Crippen LogP contribution in [0.25, 0.3) is 45.5 Å². The van der Waals surface area contributed by atoms with Crippen molar-refractivity contribution >= 4 is 52.9 Å². The van der Waals surface area contributed by atoms with Gasteiger partial charge in [-0.3, -0.25) is 28.8 Å². The summed E-state index contributed by atoms with van der Waals surface area (Å²) in [4.78, 5) is 107. The number of carbonyl (C=O) groups is 7. The van der Waals surface area contributed by atoms with Crippen molar-refractivity contribution in [2.45, 2.75) is 0 Å². The molecule has 5 N–H and O–H groups in total. The lowest BCUT2D eigenvalue weighted by atomic mass is 10.1. The highest BCUT2D eigenvalue weighted by Crippen LogP contribution is 2.37. The van der Waals surface area contributed by atoms with Gasteiger partial charge in [0.2, 0.25) is 11.9 Å². The summed E-state index contributed by atoms with van der Waals surface area (Å²) in [5.41, 5.74) is 3.19. The number of tetrazole rings is 2. The normalized spacial score (nSPS) is 13.7. The first-order chi connectivity index (χ1) is 47.1. The van der Waals surface area contributed by atoms with E-state index in [1.165, 1.54) is 80.3 Å². The summed E-state index contributed by atoms with van der Waals surface area (Å²) in [6.45, 7) is 6.60. The van der Waals surface area contributed by atoms with E-state index in [0.717, 1.165) is 59.2 Å². The Labute approximate surface area is 550 Å². The standard InChI is InChI=1S/C21H20N8O4.C21H20N4O5.C11H14N6.C10H8N2O5/c1-33-16-7-8-28(32)19-17(16)15(13-22-19)18(30)20(31)26-9-11-27(12-10-26)21-23-24-25-29(21)14-5-3-2-4-6-14;1-30-16-7-8-25(29)19-17(16)15(13-22-19)18(26)21(28)24-11-9-23(10-12-24)20(27)14-5-3-2-4-6-14;1-2-4-10(5-3-1)17-11(13-14-15-17)16-8-6-12-7-9-16;1-17-6-2-3-12(16)9-7(6)5(4-11-9)8(13)10(14)15/h2-8,13,32H,9-12H2,1H3;2-8,13,29H,9-12H2,1H3;1-5,12H,6-9H2;2-4,16H,1H3,(H,14,15). The van der Waals surface area contributed by atoms with Gasteiger partial charge in [-0.25, -0.2) is 19.7 Å². The van der Waals surface area contributed by atoms with E-state index in [1.807, 2.05) is 71.6 Å². The molecule has 0 spiro atoms. The highest BCUT2D eigenvalue weighted by molar-refractivity contribution is 6.45. The van der Waals surface area contributed by atoms with Crippen LogP contribution in [0.3, 0.4) is 0 Å². The molecule has 9 aliphatic heterocycles. The summed E-state index contributed by atoms with van der Waals surface area (Å²) >= 11 is 0. The van der Waals surface area contributed by atoms with Gasteiger partial charge in [-0.2, -0.15) is 23.6 Å². The number of carboxylic acid groups (broad SMARTS) is 1. The number of anilines is 2. The van der Waals surface area contributed by atoms with E-state index in [2.05, 4.69) is 56.2 Å². The molecule has 0 aliphatic carbocycles. The van der Waals surface area contributed by atoms with Crippen molar-refractivity contribution in [1.29, 1.82) is 0 Å². The molecule has 0 unspecified atom stereocenters. The molecule has 5 aromatic rings. The van der Waals surface area contributed by atoms with Crippen LogP contribution < -0.4 is 29.3 Å². The summed E-state index contributed by atoms with van der Waals surface area (Å²) < 4.78 is 21.2. The fraction of sp³-hybridized carbons (Fsp3) is 0.238. The number of rotatable bonds is 14. The zero-order valence-electron chi connectivity index (χ0n) is 52.2. The number of fused-ring (bicyclic) bond motifs is 3. The van der Waals surface area contributed by atoms with E-state index in [4.69, 9.17) is 19.3 Å². The minimum absolute atomic E-state index is 0.0638. The molecule has 0 atom stereocenters. The molecular weight excluding hydrogens is 1260 g/mol. The Hall–Kier alpha value is -12.9. The number of ketones is 3. The van der Waals surface area contributed by atoms with Crippen molar-refractivity contribution in [2.75, 3.05) is 110 Å². The number of carbonyl (C=O) groups excluding carboxylic acids is 6. The second-order valence-corrected chi connectivity index (χ2v) is 21.5. The van der Waals surface area contributed by atoms with Crippen LogP contribution >= 0.6 is 0 Å². The Bertz CT molecular complexity index is 4490. The minimum atomic E-state index is -1.59. The molecule has 3 saturated heterocycles. The number of Topliss-reactive ketones (excluding diaryl/α,β-unsaturated/α-hetero) is 3. The van der Waals surface area contributed by atoms with Crippen molar-refractivity contribution in [1.82, 2.24) is 89.6 Å². The third-order valence-corrected chi connectivity index (χ3v) is 15.9. The van der Waals surface area contributed by atoms with Crippen molar-refractivity contribution in [2.24, 2.45) is 0 Å². The average Bonchev–Trinajstić information content (AvgIpc) is 1.70. The van der Waals surface area contributed by atoms with Crippen LogP contribution in [0.5, 0.6) is 17.2 Å². The highest BCUT2D eigenvalue weighted by atomic mass is 16.5. The molecule has 0 bridgehead atoms. The van der Waals surface area contributed by atoms with Gasteiger partial charge in [-0.15, -0.1) is 0 Å². The molecule has 34 heteroatoms. The van der Waals surface area contributed by atoms with Gasteiger partial charge in [-0.1, -0.05) is 64.8 Å². The molecule has 97 heavy (non-hydrogen) atoms. The lowest BCUT2D eigenvalue weighted by molar-refractivity contribution is -0.132. The number of aliphatic carboxylic acids is 1. The van der Waals surface area contributed by atoms with Crippen LogP contribution in [0, 0.1) is 0 Å². The number of benzene rings is 3. The number of nitrogens with one attached hydrogen (secondary N) is 1. The Morgan fingerprint density at radius 3 is 1.16 bits per heavy atom.